The van der Waals surface area contributed by atoms with E-state index in [4.69, 9.17) is 0 Å². The van der Waals surface area contributed by atoms with Crippen molar-refractivity contribution in [2.45, 2.75) is 25.2 Å². The zero-order valence-corrected chi connectivity index (χ0v) is 19.8. The molecule has 0 fully saturated rings. The molecule has 0 aliphatic rings. The average Bonchev–Trinajstić information content (AvgIpc) is 2.81. The number of sulfonamides is 1. The SMILES string of the molecule is Cc1ccc(NS(=O)(=O)c2ccc(C(=O)NCCCNC(=O)c3cccc(O)c3)cc2)cc1C. The second kappa shape index (κ2) is 10.8. The number of hydrogen-bond donors (Lipinski definition) is 4. The molecule has 0 aliphatic heterocycles. The summed E-state index contributed by atoms with van der Waals surface area (Å²) in [5.41, 5.74) is 3.20. The first-order valence-corrected chi connectivity index (χ1v) is 12.2. The average molecular weight is 482 g/mol. The predicted octanol–water partition coefficient (Wildman–Crippen LogP) is 3.36. The van der Waals surface area contributed by atoms with Crippen LogP contribution in [0.1, 0.15) is 38.3 Å². The molecule has 9 heteroatoms. The Morgan fingerprint density at radius 3 is 2.06 bits per heavy atom. The maximum atomic E-state index is 12.6. The first-order chi connectivity index (χ1) is 16.2. The summed E-state index contributed by atoms with van der Waals surface area (Å²) in [6.45, 7) is 4.53. The molecule has 0 bridgehead atoms. The summed E-state index contributed by atoms with van der Waals surface area (Å²) in [4.78, 5) is 24.4. The first kappa shape index (κ1) is 24.8. The molecule has 0 atom stereocenters. The van der Waals surface area contributed by atoms with Crippen LogP contribution >= 0.6 is 0 Å². The van der Waals surface area contributed by atoms with Crippen molar-refractivity contribution in [1.29, 1.82) is 0 Å². The van der Waals surface area contributed by atoms with E-state index >= 15 is 0 Å². The minimum atomic E-state index is -3.78. The molecule has 0 heterocycles. The van der Waals surface area contributed by atoms with Gasteiger partial charge in [-0.3, -0.25) is 14.3 Å². The van der Waals surface area contributed by atoms with Gasteiger partial charge in [-0.25, -0.2) is 8.42 Å². The van der Waals surface area contributed by atoms with E-state index in [-0.39, 0.29) is 22.5 Å². The molecule has 0 aliphatic carbocycles. The molecule has 34 heavy (non-hydrogen) atoms. The molecular formula is C25H27N3O5S. The number of rotatable bonds is 9. The lowest BCUT2D eigenvalue weighted by molar-refractivity contribution is 0.0951. The number of benzene rings is 3. The summed E-state index contributed by atoms with van der Waals surface area (Å²) in [5, 5.41) is 14.9. The molecule has 0 unspecified atom stereocenters. The molecule has 2 amide bonds. The Bertz CT molecular complexity index is 1290. The maximum absolute atomic E-state index is 12.6. The highest BCUT2D eigenvalue weighted by molar-refractivity contribution is 7.92. The lowest BCUT2D eigenvalue weighted by Gasteiger charge is -2.11. The Hall–Kier alpha value is -3.85. The van der Waals surface area contributed by atoms with E-state index in [0.29, 0.717) is 36.3 Å². The van der Waals surface area contributed by atoms with Crippen LogP contribution in [0.5, 0.6) is 5.75 Å². The van der Waals surface area contributed by atoms with Crippen molar-refractivity contribution >= 4 is 27.5 Å². The van der Waals surface area contributed by atoms with E-state index in [2.05, 4.69) is 15.4 Å². The third-order valence-corrected chi connectivity index (χ3v) is 6.62. The Morgan fingerprint density at radius 2 is 1.44 bits per heavy atom. The topological polar surface area (TPSA) is 125 Å². The van der Waals surface area contributed by atoms with E-state index in [1.807, 2.05) is 19.9 Å². The Morgan fingerprint density at radius 1 is 0.794 bits per heavy atom. The minimum absolute atomic E-state index is 0.0137. The van der Waals surface area contributed by atoms with Crippen molar-refractivity contribution in [2.24, 2.45) is 0 Å². The molecule has 0 aromatic heterocycles. The second-order valence-electron chi connectivity index (χ2n) is 7.84. The quantitative estimate of drug-likeness (QED) is 0.349. The molecule has 178 valence electrons. The van der Waals surface area contributed by atoms with Gasteiger partial charge in [0, 0.05) is 29.9 Å². The highest BCUT2D eigenvalue weighted by atomic mass is 32.2. The molecule has 0 saturated heterocycles. The number of aryl methyl sites for hydroxylation is 2. The molecule has 0 spiro atoms. The number of hydrogen-bond acceptors (Lipinski definition) is 5. The van der Waals surface area contributed by atoms with Crippen LogP contribution in [0.25, 0.3) is 0 Å². The lowest BCUT2D eigenvalue weighted by Crippen LogP contribution is -2.29. The van der Waals surface area contributed by atoms with Crippen molar-refractivity contribution in [2.75, 3.05) is 17.8 Å². The van der Waals surface area contributed by atoms with Crippen molar-refractivity contribution in [1.82, 2.24) is 10.6 Å². The molecular weight excluding hydrogens is 454 g/mol. The van der Waals surface area contributed by atoms with Gasteiger partial charge >= 0.3 is 0 Å². The summed E-state index contributed by atoms with van der Waals surface area (Å²) in [6.07, 6.45) is 0.503. The smallest absolute Gasteiger partial charge is 0.261 e. The Balaban J connectivity index is 1.47. The first-order valence-electron chi connectivity index (χ1n) is 10.7. The second-order valence-corrected chi connectivity index (χ2v) is 9.53. The van der Waals surface area contributed by atoms with Gasteiger partial charge in [0.05, 0.1) is 4.90 Å². The van der Waals surface area contributed by atoms with Gasteiger partial charge in [0.1, 0.15) is 5.75 Å². The van der Waals surface area contributed by atoms with E-state index in [0.717, 1.165) is 11.1 Å². The fourth-order valence-corrected chi connectivity index (χ4v) is 4.20. The summed E-state index contributed by atoms with van der Waals surface area (Å²) >= 11 is 0. The number of phenolic OH excluding ortho intramolecular Hbond substituents is 1. The van der Waals surface area contributed by atoms with Crippen LogP contribution in [0.4, 0.5) is 5.69 Å². The number of nitrogens with one attached hydrogen (secondary N) is 3. The summed E-state index contributed by atoms with van der Waals surface area (Å²) in [7, 11) is -3.78. The largest absolute Gasteiger partial charge is 0.508 e. The van der Waals surface area contributed by atoms with Crippen molar-refractivity contribution in [3.05, 3.63) is 89.0 Å². The number of amides is 2. The highest BCUT2D eigenvalue weighted by Crippen LogP contribution is 2.19. The fourth-order valence-electron chi connectivity index (χ4n) is 3.15. The monoisotopic (exact) mass is 481 g/mol. The summed E-state index contributed by atoms with van der Waals surface area (Å²) in [5.74, 6) is -0.640. The molecule has 3 aromatic rings. The molecule has 3 aromatic carbocycles. The maximum Gasteiger partial charge on any atom is 0.261 e. The summed E-state index contributed by atoms with van der Waals surface area (Å²) < 4.78 is 27.8. The van der Waals surface area contributed by atoms with Gasteiger partial charge in [-0.05, 0) is 86.0 Å². The van der Waals surface area contributed by atoms with E-state index in [1.54, 1.807) is 24.3 Å². The van der Waals surface area contributed by atoms with Crippen LogP contribution in [-0.2, 0) is 10.0 Å². The van der Waals surface area contributed by atoms with E-state index < -0.39 is 10.0 Å². The van der Waals surface area contributed by atoms with Gasteiger partial charge in [-0.15, -0.1) is 0 Å². The van der Waals surface area contributed by atoms with Crippen molar-refractivity contribution < 1.29 is 23.1 Å². The van der Waals surface area contributed by atoms with Gasteiger partial charge < -0.3 is 15.7 Å². The van der Waals surface area contributed by atoms with Crippen LogP contribution in [0.2, 0.25) is 0 Å². The van der Waals surface area contributed by atoms with Crippen LogP contribution in [0.15, 0.2) is 71.6 Å². The zero-order valence-electron chi connectivity index (χ0n) is 19.0. The van der Waals surface area contributed by atoms with Crippen LogP contribution in [0.3, 0.4) is 0 Å². The number of aromatic hydroxyl groups is 1. The molecule has 0 saturated carbocycles. The van der Waals surface area contributed by atoms with Gasteiger partial charge in [-0.2, -0.15) is 0 Å². The van der Waals surface area contributed by atoms with Gasteiger partial charge in [-0.1, -0.05) is 12.1 Å². The third-order valence-electron chi connectivity index (χ3n) is 5.22. The van der Waals surface area contributed by atoms with Crippen LogP contribution in [-0.4, -0.2) is 38.4 Å². The molecule has 0 radical (unpaired) electrons. The Labute approximate surface area is 199 Å². The molecule has 3 rings (SSSR count). The molecule has 4 N–H and O–H groups in total. The van der Waals surface area contributed by atoms with Gasteiger partial charge in [0.25, 0.3) is 21.8 Å². The van der Waals surface area contributed by atoms with Gasteiger partial charge in [0.15, 0.2) is 0 Å². The normalized spacial score (nSPS) is 11.0. The van der Waals surface area contributed by atoms with E-state index in [1.165, 1.54) is 36.4 Å². The predicted molar refractivity (Wildman–Crippen MR) is 131 cm³/mol. The van der Waals surface area contributed by atoms with Gasteiger partial charge in [0.2, 0.25) is 0 Å². The van der Waals surface area contributed by atoms with Crippen LogP contribution in [0, 0.1) is 13.8 Å². The van der Waals surface area contributed by atoms with E-state index in [9.17, 15) is 23.1 Å². The van der Waals surface area contributed by atoms with Crippen LogP contribution < -0.4 is 15.4 Å². The lowest BCUT2D eigenvalue weighted by atomic mass is 10.1. The minimum Gasteiger partial charge on any atom is -0.508 e. The molecule has 8 nitrogen and oxygen atoms in total. The number of carbonyl (C=O) groups is 2. The van der Waals surface area contributed by atoms with Crippen molar-refractivity contribution in [3.63, 3.8) is 0 Å². The standard InChI is InChI=1S/C25H27N3O5S/c1-17-7-10-21(15-18(17)2)28-34(32,33)23-11-8-19(9-12-23)24(30)26-13-4-14-27-25(31)20-5-3-6-22(29)16-20/h3,5-12,15-16,28-29H,4,13-14H2,1-2H3,(H,26,30)(H,27,31). The number of phenols is 1. The third kappa shape index (κ3) is 6.58. The zero-order chi connectivity index (χ0) is 24.7. The van der Waals surface area contributed by atoms with Crippen molar-refractivity contribution in [3.8, 4) is 5.75 Å². The number of anilines is 1. The summed E-state index contributed by atoms with van der Waals surface area (Å²) in [6, 6.07) is 17.0. The highest BCUT2D eigenvalue weighted by Gasteiger charge is 2.15. The number of carbonyl (C=O) groups excluding carboxylic acids is 2. The fraction of sp³-hybridized carbons (Fsp3) is 0.200. The Kier molecular flexibility index (Phi) is 7.91.